The van der Waals surface area contributed by atoms with Gasteiger partial charge >= 0.3 is 0 Å². The zero-order chi connectivity index (χ0) is 27.9. The fourth-order valence-corrected chi connectivity index (χ4v) is 5.62. The minimum atomic E-state index is -1.59. The fourth-order valence-electron chi connectivity index (χ4n) is 4.94. The van der Waals surface area contributed by atoms with Crippen LogP contribution in [0.15, 0.2) is 64.9 Å². The predicted octanol–water partition coefficient (Wildman–Crippen LogP) is 4.79. The SMILES string of the molecule is C\C=C/C(=C\C(=C\CC)n1ccnc1C(C)C)C(=O)N1CCC[C@H](COc2cccc3c2C(N)=NS(=O)N3)C1. The molecule has 1 aromatic heterocycles. The summed E-state index contributed by atoms with van der Waals surface area (Å²) in [6.45, 7) is 9.99. The number of allylic oxidation sites excluding steroid dienone is 4. The average Bonchev–Trinajstić information content (AvgIpc) is 3.41. The number of piperidine rings is 1. The van der Waals surface area contributed by atoms with Crippen LogP contribution in [0.2, 0.25) is 0 Å². The lowest BCUT2D eigenvalue weighted by molar-refractivity contribution is -0.128. The van der Waals surface area contributed by atoms with E-state index in [0.29, 0.717) is 42.3 Å². The number of carbonyl (C=O) groups is 1. The highest BCUT2D eigenvalue weighted by atomic mass is 32.2. The average molecular weight is 551 g/mol. The maximum atomic E-state index is 13.7. The standard InChI is InChI=1S/C29H38N6O3S/c1-5-9-22(17-23(10-6-2)35-16-14-31-28(35)20(3)4)29(36)34-15-8-11-21(18-34)19-38-25-13-7-12-24-26(25)27(30)33-39(37)32-24/h5,7,9-10,12-14,16-17,20-21,32H,6,8,11,15,18-19H2,1-4H3,(H2,30,33)/b9-5-,22-17+,23-10-/t21-,39?/m0/s1. The Morgan fingerprint density at radius 1 is 1.36 bits per heavy atom. The number of ether oxygens (including phenoxy) is 1. The largest absolute Gasteiger partial charge is 0.492 e. The zero-order valence-electron chi connectivity index (χ0n) is 23.1. The van der Waals surface area contributed by atoms with Gasteiger partial charge < -0.3 is 19.9 Å². The number of aromatic nitrogens is 2. The molecule has 0 bridgehead atoms. The van der Waals surface area contributed by atoms with E-state index in [0.717, 1.165) is 30.8 Å². The number of amides is 1. The lowest BCUT2D eigenvalue weighted by atomic mass is 9.98. The Kier molecular flexibility index (Phi) is 9.40. The first-order valence-electron chi connectivity index (χ1n) is 13.5. The molecule has 4 rings (SSSR count). The fraction of sp³-hybridized carbons (Fsp3) is 0.414. The number of rotatable bonds is 9. The number of likely N-dealkylation sites (tertiary alicyclic amines) is 1. The van der Waals surface area contributed by atoms with Crippen LogP contribution in [0, 0.1) is 5.92 Å². The van der Waals surface area contributed by atoms with Crippen LogP contribution in [-0.4, -0.2) is 50.1 Å². The van der Waals surface area contributed by atoms with E-state index in [1.54, 1.807) is 12.3 Å². The van der Waals surface area contributed by atoms with E-state index >= 15 is 0 Å². The van der Waals surface area contributed by atoms with Crippen LogP contribution in [0.5, 0.6) is 5.75 Å². The van der Waals surface area contributed by atoms with Gasteiger partial charge in [-0.15, -0.1) is 0 Å². The van der Waals surface area contributed by atoms with Gasteiger partial charge in [-0.3, -0.25) is 9.52 Å². The minimum Gasteiger partial charge on any atom is -0.492 e. The van der Waals surface area contributed by atoms with Gasteiger partial charge in [0.15, 0.2) is 0 Å². The van der Waals surface area contributed by atoms with Gasteiger partial charge in [0.1, 0.15) is 17.4 Å². The number of anilines is 1. The molecular weight excluding hydrogens is 512 g/mol. The second kappa shape index (κ2) is 12.9. The number of amidine groups is 1. The number of nitrogens with one attached hydrogen (secondary N) is 1. The molecule has 3 N–H and O–H groups in total. The molecule has 39 heavy (non-hydrogen) atoms. The van der Waals surface area contributed by atoms with Gasteiger partial charge in [-0.05, 0) is 44.4 Å². The first-order chi connectivity index (χ1) is 18.8. The first-order valence-corrected chi connectivity index (χ1v) is 14.6. The van der Waals surface area contributed by atoms with Gasteiger partial charge in [-0.25, -0.2) is 9.19 Å². The molecule has 2 aromatic rings. The highest BCUT2D eigenvalue weighted by molar-refractivity contribution is 7.85. The maximum absolute atomic E-state index is 13.7. The number of hydrogen-bond donors (Lipinski definition) is 2. The molecule has 10 heteroatoms. The molecule has 9 nitrogen and oxygen atoms in total. The molecule has 208 valence electrons. The van der Waals surface area contributed by atoms with Crippen molar-refractivity contribution in [3.05, 3.63) is 71.9 Å². The van der Waals surface area contributed by atoms with Crippen molar-refractivity contribution < 1.29 is 13.7 Å². The van der Waals surface area contributed by atoms with Gasteiger partial charge in [-0.2, -0.15) is 4.40 Å². The van der Waals surface area contributed by atoms with Crippen molar-refractivity contribution in [3.63, 3.8) is 0 Å². The summed E-state index contributed by atoms with van der Waals surface area (Å²) in [4.78, 5) is 20.2. The van der Waals surface area contributed by atoms with Crippen LogP contribution in [0.4, 0.5) is 5.69 Å². The molecule has 1 fully saturated rings. The van der Waals surface area contributed by atoms with Crippen LogP contribution in [0.3, 0.4) is 0 Å². The molecule has 0 radical (unpaired) electrons. The lowest BCUT2D eigenvalue weighted by Gasteiger charge is -2.33. The Balaban J connectivity index is 1.50. The van der Waals surface area contributed by atoms with Gasteiger partial charge in [0.05, 0.1) is 17.9 Å². The molecule has 3 heterocycles. The molecule has 1 saturated heterocycles. The summed E-state index contributed by atoms with van der Waals surface area (Å²) in [5, 5.41) is 0. The normalized spacial score (nSPS) is 20.1. The van der Waals surface area contributed by atoms with E-state index in [1.807, 2.05) is 48.4 Å². The Morgan fingerprint density at radius 2 is 2.18 bits per heavy atom. The molecule has 2 atom stereocenters. The van der Waals surface area contributed by atoms with Crippen molar-refractivity contribution in [3.8, 4) is 5.75 Å². The Labute approximate surface area is 233 Å². The van der Waals surface area contributed by atoms with E-state index in [1.165, 1.54) is 0 Å². The van der Waals surface area contributed by atoms with Crippen LogP contribution < -0.4 is 15.2 Å². The second-order valence-electron chi connectivity index (χ2n) is 10.0. The van der Waals surface area contributed by atoms with Crippen molar-refractivity contribution in [1.82, 2.24) is 14.5 Å². The number of nitrogens with two attached hydrogens (primary N) is 1. The third-order valence-corrected chi connectivity index (χ3v) is 7.47. The first kappa shape index (κ1) is 28.4. The molecule has 0 aliphatic carbocycles. The number of nitrogens with zero attached hydrogens (tertiary/aromatic N) is 4. The maximum Gasteiger partial charge on any atom is 0.253 e. The number of fused-ring (bicyclic) bond motifs is 1. The van der Waals surface area contributed by atoms with Gasteiger partial charge in [0, 0.05) is 48.6 Å². The summed E-state index contributed by atoms with van der Waals surface area (Å²) < 4.78 is 26.8. The molecule has 0 spiro atoms. The van der Waals surface area contributed by atoms with Crippen LogP contribution in [-0.2, 0) is 16.0 Å². The highest BCUT2D eigenvalue weighted by Crippen LogP contribution is 2.31. The van der Waals surface area contributed by atoms with Crippen molar-refractivity contribution >= 4 is 34.3 Å². The van der Waals surface area contributed by atoms with E-state index in [4.69, 9.17) is 10.5 Å². The van der Waals surface area contributed by atoms with E-state index in [-0.39, 0.29) is 23.6 Å². The molecule has 2 aliphatic heterocycles. The highest BCUT2D eigenvalue weighted by Gasteiger charge is 2.27. The molecule has 0 saturated carbocycles. The van der Waals surface area contributed by atoms with Gasteiger partial charge in [0.2, 0.25) is 11.2 Å². The summed E-state index contributed by atoms with van der Waals surface area (Å²) in [5.74, 6) is 2.17. The Morgan fingerprint density at radius 3 is 2.92 bits per heavy atom. The molecule has 1 unspecified atom stereocenters. The summed E-state index contributed by atoms with van der Waals surface area (Å²) in [6.07, 6.45) is 14.3. The summed E-state index contributed by atoms with van der Waals surface area (Å²) in [5.41, 5.74) is 8.89. The van der Waals surface area contributed by atoms with Gasteiger partial charge in [0.25, 0.3) is 5.91 Å². The van der Waals surface area contributed by atoms with E-state index < -0.39 is 11.2 Å². The molecule has 1 amide bonds. The number of carbonyl (C=O) groups excluding carboxylic acids is 1. The van der Waals surface area contributed by atoms with Crippen LogP contribution in [0.1, 0.15) is 64.3 Å². The van der Waals surface area contributed by atoms with Crippen LogP contribution >= 0.6 is 0 Å². The molecule has 1 aromatic carbocycles. The molecule has 2 aliphatic rings. The van der Waals surface area contributed by atoms with Crippen LogP contribution in [0.25, 0.3) is 5.70 Å². The zero-order valence-corrected chi connectivity index (χ0v) is 23.9. The quantitative estimate of drug-likeness (QED) is 0.344. The number of hydrogen-bond acceptors (Lipinski definition) is 5. The molecular formula is C29H38N6O3S. The monoisotopic (exact) mass is 550 g/mol. The second-order valence-corrected chi connectivity index (χ2v) is 10.9. The topological polar surface area (TPSA) is 115 Å². The van der Waals surface area contributed by atoms with E-state index in [9.17, 15) is 9.00 Å². The summed E-state index contributed by atoms with van der Waals surface area (Å²) >= 11 is -1.59. The van der Waals surface area contributed by atoms with E-state index in [2.05, 4.69) is 45.5 Å². The third kappa shape index (κ3) is 6.68. The van der Waals surface area contributed by atoms with Crippen molar-refractivity contribution in [2.75, 3.05) is 24.4 Å². The number of imidazole rings is 1. The van der Waals surface area contributed by atoms with Gasteiger partial charge in [-0.1, -0.05) is 45.1 Å². The predicted molar refractivity (Wildman–Crippen MR) is 158 cm³/mol. The van der Waals surface area contributed by atoms with Crippen molar-refractivity contribution in [2.45, 2.75) is 52.9 Å². The summed E-state index contributed by atoms with van der Waals surface area (Å²) in [6, 6.07) is 5.46. The van der Waals surface area contributed by atoms with Crippen molar-refractivity contribution in [2.24, 2.45) is 16.0 Å². The third-order valence-electron chi connectivity index (χ3n) is 6.72. The lowest BCUT2D eigenvalue weighted by Crippen LogP contribution is -2.42. The Bertz CT molecular complexity index is 1340. The minimum absolute atomic E-state index is 0.00571. The van der Waals surface area contributed by atoms with Crippen molar-refractivity contribution in [1.29, 1.82) is 0 Å². The summed E-state index contributed by atoms with van der Waals surface area (Å²) in [7, 11) is 0. The Hall–Kier alpha value is -3.66. The smallest absolute Gasteiger partial charge is 0.253 e. The number of benzene rings is 1.